The summed E-state index contributed by atoms with van der Waals surface area (Å²) in [6, 6.07) is 0. The molecule has 0 aromatic rings. The number of allylic oxidation sites excluding steroid dienone is 5. The van der Waals surface area contributed by atoms with Crippen molar-refractivity contribution in [3.63, 3.8) is 0 Å². The van der Waals surface area contributed by atoms with E-state index in [1.807, 2.05) is 18.4 Å². The third-order valence-corrected chi connectivity index (χ3v) is 1.78. The molecule has 0 aromatic carbocycles. The van der Waals surface area contributed by atoms with E-state index in [1.54, 1.807) is 12.3 Å². The van der Waals surface area contributed by atoms with E-state index < -0.39 is 0 Å². The first kappa shape index (κ1) is 9.52. The van der Waals surface area contributed by atoms with Gasteiger partial charge in [0.2, 0.25) is 0 Å². The number of rotatable bonds is 3. The molecule has 68 valence electrons. The van der Waals surface area contributed by atoms with Crippen LogP contribution < -0.4 is 5.73 Å². The molecule has 0 aliphatic carbocycles. The number of nitrogens with two attached hydrogens (primary N) is 1. The highest BCUT2D eigenvalue weighted by molar-refractivity contribution is 5.86. The third-order valence-electron chi connectivity index (χ3n) is 1.78. The van der Waals surface area contributed by atoms with Crippen LogP contribution in [0.1, 0.15) is 6.42 Å². The molecule has 0 aromatic heterocycles. The van der Waals surface area contributed by atoms with Gasteiger partial charge in [-0.2, -0.15) is 0 Å². The molecule has 0 amide bonds. The monoisotopic (exact) mass is 174 g/mol. The number of nitrogens with zero attached hydrogens (tertiary/aromatic N) is 1. The van der Waals surface area contributed by atoms with Gasteiger partial charge in [0.05, 0.1) is 0 Å². The normalized spacial score (nSPS) is 17.5. The van der Waals surface area contributed by atoms with Gasteiger partial charge in [0, 0.05) is 19.0 Å². The highest BCUT2D eigenvalue weighted by atomic mass is 14.7. The minimum Gasteiger partial charge on any atom is -0.404 e. The van der Waals surface area contributed by atoms with Gasteiger partial charge in [-0.25, -0.2) is 0 Å². The summed E-state index contributed by atoms with van der Waals surface area (Å²) in [5.74, 6) is 0. The largest absolute Gasteiger partial charge is 0.404 e. The molecule has 1 aliphatic heterocycles. The van der Waals surface area contributed by atoms with Gasteiger partial charge in [-0.1, -0.05) is 30.9 Å². The minimum absolute atomic E-state index is 0.881. The first-order chi connectivity index (χ1) is 6.38. The standard InChI is InChI=1S/C11H14N2/c1-2-3-5-10(8-12)11-6-4-7-13-9-11/h2-3,5-6,8-9H,1,4,7,12H2/b5-3-,10-8+. The van der Waals surface area contributed by atoms with Crippen molar-refractivity contribution in [1.29, 1.82) is 0 Å². The summed E-state index contributed by atoms with van der Waals surface area (Å²) < 4.78 is 0. The van der Waals surface area contributed by atoms with E-state index in [0.29, 0.717) is 0 Å². The van der Waals surface area contributed by atoms with Crippen LogP contribution in [0.4, 0.5) is 0 Å². The highest BCUT2D eigenvalue weighted by Gasteiger charge is 2.00. The molecular formula is C11H14N2. The average molecular weight is 174 g/mol. The lowest BCUT2D eigenvalue weighted by Crippen LogP contribution is -1.98. The molecular weight excluding hydrogens is 160 g/mol. The second kappa shape index (κ2) is 5.14. The fourth-order valence-electron chi connectivity index (χ4n) is 1.12. The Morgan fingerprint density at radius 1 is 1.62 bits per heavy atom. The quantitative estimate of drug-likeness (QED) is 0.653. The van der Waals surface area contributed by atoms with Crippen LogP contribution >= 0.6 is 0 Å². The lowest BCUT2D eigenvalue weighted by molar-refractivity contribution is 0.992. The summed E-state index contributed by atoms with van der Waals surface area (Å²) >= 11 is 0. The average Bonchev–Trinajstić information content (AvgIpc) is 2.21. The summed E-state index contributed by atoms with van der Waals surface area (Å²) in [7, 11) is 0. The Hall–Kier alpha value is -1.57. The Morgan fingerprint density at radius 3 is 3.00 bits per heavy atom. The zero-order valence-corrected chi connectivity index (χ0v) is 7.61. The third kappa shape index (κ3) is 2.75. The van der Waals surface area contributed by atoms with Crippen LogP contribution in [0.3, 0.4) is 0 Å². The van der Waals surface area contributed by atoms with Crippen LogP contribution in [0.2, 0.25) is 0 Å². The topological polar surface area (TPSA) is 38.4 Å². The number of aliphatic imine (C=N–C) groups is 1. The van der Waals surface area contributed by atoms with Crippen LogP contribution in [-0.4, -0.2) is 12.8 Å². The Bertz CT molecular complexity index is 293. The molecule has 1 aliphatic rings. The van der Waals surface area contributed by atoms with Gasteiger partial charge in [0.15, 0.2) is 0 Å². The van der Waals surface area contributed by atoms with Crippen molar-refractivity contribution in [2.24, 2.45) is 10.7 Å². The van der Waals surface area contributed by atoms with Crippen molar-refractivity contribution in [1.82, 2.24) is 0 Å². The zero-order valence-electron chi connectivity index (χ0n) is 7.61. The Morgan fingerprint density at radius 2 is 2.46 bits per heavy atom. The van der Waals surface area contributed by atoms with Crippen LogP contribution in [0.15, 0.2) is 53.2 Å². The first-order valence-electron chi connectivity index (χ1n) is 4.30. The van der Waals surface area contributed by atoms with E-state index in [4.69, 9.17) is 5.73 Å². The predicted molar refractivity (Wildman–Crippen MR) is 57.7 cm³/mol. The fourth-order valence-corrected chi connectivity index (χ4v) is 1.12. The van der Waals surface area contributed by atoms with Gasteiger partial charge < -0.3 is 5.73 Å². The Kier molecular flexibility index (Phi) is 3.76. The number of hydrogen-bond donors (Lipinski definition) is 1. The molecule has 1 rings (SSSR count). The predicted octanol–water partition coefficient (Wildman–Crippen LogP) is 1.97. The lowest BCUT2D eigenvalue weighted by Gasteiger charge is -2.06. The lowest BCUT2D eigenvalue weighted by atomic mass is 10.0. The number of dihydropyridines is 1. The zero-order chi connectivity index (χ0) is 9.52. The summed E-state index contributed by atoms with van der Waals surface area (Å²) in [4.78, 5) is 4.19. The van der Waals surface area contributed by atoms with Gasteiger partial charge in [-0.05, 0) is 17.6 Å². The molecule has 13 heavy (non-hydrogen) atoms. The molecule has 0 radical (unpaired) electrons. The van der Waals surface area contributed by atoms with Crippen molar-refractivity contribution in [3.05, 3.63) is 48.2 Å². The number of hydrogen-bond acceptors (Lipinski definition) is 2. The van der Waals surface area contributed by atoms with Crippen molar-refractivity contribution < 1.29 is 0 Å². The summed E-state index contributed by atoms with van der Waals surface area (Å²) in [6.07, 6.45) is 12.1. The fraction of sp³-hybridized carbons (Fsp3) is 0.182. The summed E-state index contributed by atoms with van der Waals surface area (Å²) in [5, 5.41) is 0. The van der Waals surface area contributed by atoms with Crippen LogP contribution in [-0.2, 0) is 0 Å². The molecule has 0 saturated heterocycles. The van der Waals surface area contributed by atoms with Gasteiger partial charge in [0.25, 0.3) is 0 Å². The maximum atomic E-state index is 5.49. The van der Waals surface area contributed by atoms with Crippen LogP contribution in [0.5, 0.6) is 0 Å². The van der Waals surface area contributed by atoms with Crippen molar-refractivity contribution >= 4 is 6.21 Å². The van der Waals surface area contributed by atoms with Gasteiger partial charge in [-0.15, -0.1) is 0 Å². The van der Waals surface area contributed by atoms with E-state index in [1.165, 1.54) is 0 Å². The second-order valence-electron chi connectivity index (χ2n) is 2.70. The summed E-state index contributed by atoms with van der Waals surface area (Å²) in [6.45, 7) is 4.49. The minimum atomic E-state index is 0.881. The summed E-state index contributed by atoms with van der Waals surface area (Å²) in [5.41, 5.74) is 7.57. The molecule has 2 N–H and O–H groups in total. The van der Waals surface area contributed by atoms with Crippen molar-refractivity contribution in [3.8, 4) is 0 Å². The first-order valence-corrected chi connectivity index (χ1v) is 4.30. The molecule has 0 bridgehead atoms. The van der Waals surface area contributed by atoms with E-state index >= 15 is 0 Å². The Balaban J connectivity index is 2.78. The Labute approximate surface area is 78.9 Å². The molecule has 0 spiro atoms. The molecule has 2 nitrogen and oxygen atoms in total. The molecule has 0 atom stereocenters. The molecule has 2 heteroatoms. The smallest absolute Gasteiger partial charge is 0.0424 e. The SMILES string of the molecule is C=C/C=C\C(=C/N)C1=CCCN=C1. The molecule has 0 unspecified atom stereocenters. The van der Waals surface area contributed by atoms with Crippen molar-refractivity contribution in [2.45, 2.75) is 6.42 Å². The molecule has 0 saturated carbocycles. The highest BCUT2D eigenvalue weighted by Crippen LogP contribution is 2.12. The van der Waals surface area contributed by atoms with Crippen LogP contribution in [0.25, 0.3) is 0 Å². The maximum Gasteiger partial charge on any atom is 0.0424 e. The second-order valence-corrected chi connectivity index (χ2v) is 2.70. The molecule has 0 fully saturated rings. The van der Waals surface area contributed by atoms with E-state index in [9.17, 15) is 0 Å². The van der Waals surface area contributed by atoms with E-state index in [2.05, 4.69) is 17.6 Å². The maximum absolute atomic E-state index is 5.49. The van der Waals surface area contributed by atoms with Gasteiger partial charge in [0.1, 0.15) is 0 Å². The van der Waals surface area contributed by atoms with E-state index in [0.717, 1.165) is 24.1 Å². The molecule has 1 heterocycles. The van der Waals surface area contributed by atoms with Crippen molar-refractivity contribution in [2.75, 3.05) is 6.54 Å². The van der Waals surface area contributed by atoms with E-state index in [-0.39, 0.29) is 0 Å². The van der Waals surface area contributed by atoms with Gasteiger partial charge in [-0.3, -0.25) is 4.99 Å². The van der Waals surface area contributed by atoms with Crippen LogP contribution in [0, 0.1) is 0 Å². The van der Waals surface area contributed by atoms with Gasteiger partial charge >= 0.3 is 0 Å².